The molecule has 1 aromatic carbocycles. The lowest BCUT2D eigenvalue weighted by Gasteiger charge is -2.19. The van der Waals surface area contributed by atoms with Crippen molar-refractivity contribution in [3.63, 3.8) is 0 Å². The van der Waals surface area contributed by atoms with E-state index in [-0.39, 0.29) is 11.3 Å². The maximum absolute atomic E-state index is 12.0. The Morgan fingerprint density at radius 3 is 2.39 bits per heavy atom. The van der Waals surface area contributed by atoms with Crippen LogP contribution in [0.1, 0.15) is 30.9 Å². The van der Waals surface area contributed by atoms with Crippen LogP contribution in [0.5, 0.6) is 0 Å². The van der Waals surface area contributed by atoms with Crippen LogP contribution in [0, 0.1) is 18.3 Å². The first-order chi connectivity index (χ1) is 13.0. The van der Waals surface area contributed by atoms with Crippen molar-refractivity contribution in [3.8, 4) is 11.1 Å². The number of nitrogens with one attached hydrogen (secondary N) is 3. The highest BCUT2D eigenvalue weighted by molar-refractivity contribution is 7.92. The van der Waals surface area contributed by atoms with Crippen LogP contribution < -0.4 is 15.6 Å². The zero-order valence-electron chi connectivity index (χ0n) is 16.6. The van der Waals surface area contributed by atoms with Gasteiger partial charge in [-0.2, -0.15) is 0 Å². The Labute approximate surface area is 165 Å². The molecule has 3 N–H and O–H groups in total. The highest BCUT2D eigenvalue weighted by Crippen LogP contribution is 2.35. The molecule has 3 rings (SSSR count). The van der Waals surface area contributed by atoms with Gasteiger partial charge in [-0.25, -0.2) is 8.42 Å². The van der Waals surface area contributed by atoms with Crippen LogP contribution in [0.2, 0.25) is 0 Å². The highest BCUT2D eigenvalue weighted by atomic mass is 32.2. The van der Waals surface area contributed by atoms with Crippen LogP contribution in [0.15, 0.2) is 29.2 Å². The molecule has 0 unspecified atom stereocenters. The van der Waals surface area contributed by atoms with Crippen LogP contribution in [0.4, 0.5) is 11.4 Å². The Bertz CT molecular complexity index is 1070. The number of hydrogen-bond acceptors (Lipinski definition) is 5. The SMILES string of the molecule is CC(=N)c1c(NCC2CC2)cc(-c2cc(C)c(=O)n(C)c2)cc1NS(C)(=O)=O. The Hall–Kier alpha value is -2.61. The molecule has 28 heavy (non-hydrogen) atoms. The first-order valence-electron chi connectivity index (χ1n) is 9.18. The van der Waals surface area contributed by atoms with Gasteiger partial charge in [0.1, 0.15) is 0 Å². The maximum Gasteiger partial charge on any atom is 0.253 e. The number of anilines is 2. The molecule has 1 aliphatic rings. The average Bonchev–Trinajstić information content (AvgIpc) is 3.39. The number of aromatic nitrogens is 1. The number of sulfonamides is 1. The number of nitrogens with zero attached hydrogens (tertiary/aromatic N) is 1. The molecule has 0 amide bonds. The topological polar surface area (TPSA) is 104 Å². The van der Waals surface area contributed by atoms with Crippen molar-refractivity contribution in [2.75, 3.05) is 22.8 Å². The molecule has 1 fully saturated rings. The molecule has 150 valence electrons. The zero-order valence-corrected chi connectivity index (χ0v) is 17.4. The summed E-state index contributed by atoms with van der Waals surface area (Å²) in [5.74, 6) is 0.619. The van der Waals surface area contributed by atoms with Gasteiger partial charge in [-0.3, -0.25) is 9.52 Å². The summed E-state index contributed by atoms with van der Waals surface area (Å²) in [6, 6.07) is 5.43. The second-order valence-electron chi connectivity index (χ2n) is 7.60. The van der Waals surface area contributed by atoms with Gasteiger partial charge >= 0.3 is 0 Å². The molecule has 2 aromatic rings. The fourth-order valence-corrected chi connectivity index (χ4v) is 3.80. The van der Waals surface area contributed by atoms with E-state index in [0.717, 1.165) is 29.6 Å². The standard InChI is InChI=1S/C20H26N4O3S/c1-12-7-16(11-24(3)20(12)25)15-8-17(22-10-14-5-6-14)19(13(2)21)18(9-15)23-28(4,26)27/h7-9,11,14,21-23H,5-6,10H2,1-4H3. The summed E-state index contributed by atoms with van der Waals surface area (Å²) in [5.41, 5.74) is 4.00. The van der Waals surface area contributed by atoms with E-state index in [9.17, 15) is 13.2 Å². The lowest BCUT2D eigenvalue weighted by atomic mass is 9.98. The van der Waals surface area contributed by atoms with Crippen LogP contribution in [0.3, 0.4) is 0 Å². The normalized spacial score (nSPS) is 14.0. The van der Waals surface area contributed by atoms with E-state index in [0.29, 0.717) is 22.7 Å². The van der Waals surface area contributed by atoms with Gasteiger partial charge in [-0.15, -0.1) is 0 Å². The molecular formula is C20H26N4O3S. The summed E-state index contributed by atoms with van der Waals surface area (Å²) in [6.07, 6.45) is 5.19. The molecule has 1 aromatic heterocycles. The van der Waals surface area contributed by atoms with E-state index in [4.69, 9.17) is 5.41 Å². The first-order valence-corrected chi connectivity index (χ1v) is 11.1. The van der Waals surface area contributed by atoms with E-state index in [2.05, 4.69) is 10.0 Å². The predicted octanol–water partition coefficient (Wildman–Crippen LogP) is 2.94. The van der Waals surface area contributed by atoms with Crippen LogP contribution in [0.25, 0.3) is 11.1 Å². The van der Waals surface area contributed by atoms with Crippen molar-refractivity contribution in [2.24, 2.45) is 13.0 Å². The van der Waals surface area contributed by atoms with Gasteiger partial charge < -0.3 is 15.3 Å². The summed E-state index contributed by atoms with van der Waals surface area (Å²) in [6.45, 7) is 4.18. The van der Waals surface area contributed by atoms with Gasteiger partial charge in [-0.1, -0.05) is 0 Å². The molecule has 0 atom stereocenters. The monoisotopic (exact) mass is 402 g/mol. The zero-order chi connectivity index (χ0) is 20.6. The number of rotatable bonds is 7. The van der Waals surface area contributed by atoms with E-state index in [1.807, 2.05) is 6.07 Å². The quantitative estimate of drug-likeness (QED) is 0.619. The van der Waals surface area contributed by atoms with E-state index < -0.39 is 10.0 Å². The molecule has 0 spiro atoms. The lowest BCUT2D eigenvalue weighted by Crippen LogP contribution is -2.18. The van der Waals surface area contributed by atoms with Crippen LogP contribution in [-0.2, 0) is 17.1 Å². The summed E-state index contributed by atoms with van der Waals surface area (Å²) in [4.78, 5) is 12.0. The predicted molar refractivity (Wildman–Crippen MR) is 114 cm³/mol. The van der Waals surface area contributed by atoms with Crippen molar-refractivity contribution in [1.82, 2.24) is 4.57 Å². The van der Waals surface area contributed by atoms with Gasteiger partial charge in [-0.05, 0) is 61.9 Å². The summed E-state index contributed by atoms with van der Waals surface area (Å²) in [5, 5.41) is 11.6. The van der Waals surface area contributed by atoms with Crippen molar-refractivity contribution in [1.29, 1.82) is 5.41 Å². The smallest absolute Gasteiger partial charge is 0.253 e. The van der Waals surface area contributed by atoms with Crippen molar-refractivity contribution in [3.05, 3.63) is 45.9 Å². The van der Waals surface area contributed by atoms with Gasteiger partial charge in [0.05, 0.1) is 11.9 Å². The van der Waals surface area contributed by atoms with Crippen molar-refractivity contribution < 1.29 is 8.42 Å². The van der Waals surface area contributed by atoms with Crippen molar-refractivity contribution in [2.45, 2.75) is 26.7 Å². The minimum Gasteiger partial charge on any atom is -0.384 e. The highest BCUT2D eigenvalue weighted by Gasteiger charge is 2.23. The Morgan fingerprint density at radius 2 is 1.86 bits per heavy atom. The largest absolute Gasteiger partial charge is 0.384 e. The molecule has 0 aliphatic heterocycles. The van der Waals surface area contributed by atoms with E-state index in [1.165, 1.54) is 17.4 Å². The molecule has 1 saturated carbocycles. The number of benzene rings is 1. The Kier molecular flexibility index (Phi) is 5.34. The Balaban J connectivity index is 2.19. The molecule has 7 nitrogen and oxygen atoms in total. The van der Waals surface area contributed by atoms with Crippen molar-refractivity contribution >= 4 is 27.1 Å². The maximum atomic E-state index is 12.0. The summed E-state index contributed by atoms with van der Waals surface area (Å²) >= 11 is 0. The minimum atomic E-state index is -3.52. The third kappa shape index (κ3) is 4.62. The van der Waals surface area contributed by atoms with Gasteiger partial charge in [0.25, 0.3) is 5.56 Å². The molecular weight excluding hydrogens is 376 g/mol. The fourth-order valence-electron chi connectivity index (χ4n) is 3.24. The third-order valence-electron chi connectivity index (χ3n) is 4.78. The first kappa shape index (κ1) is 20.1. The minimum absolute atomic E-state index is 0.0720. The second kappa shape index (κ2) is 7.43. The Morgan fingerprint density at radius 1 is 1.21 bits per heavy atom. The summed E-state index contributed by atoms with van der Waals surface area (Å²) in [7, 11) is -1.83. The van der Waals surface area contributed by atoms with Gasteiger partial charge in [0, 0.05) is 42.3 Å². The number of pyridine rings is 1. The molecule has 0 radical (unpaired) electrons. The third-order valence-corrected chi connectivity index (χ3v) is 5.37. The van der Waals surface area contributed by atoms with Gasteiger partial charge in [0.15, 0.2) is 0 Å². The fraction of sp³-hybridized carbons (Fsp3) is 0.400. The van der Waals surface area contributed by atoms with Crippen LogP contribution in [-0.4, -0.2) is 31.5 Å². The molecule has 0 saturated heterocycles. The van der Waals surface area contributed by atoms with Crippen LogP contribution >= 0.6 is 0 Å². The van der Waals surface area contributed by atoms with E-state index in [1.54, 1.807) is 39.2 Å². The molecule has 1 aliphatic carbocycles. The molecule has 1 heterocycles. The lowest BCUT2D eigenvalue weighted by molar-refractivity contribution is 0.607. The number of aryl methyl sites for hydroxylation is 2. The summed E-state index contributed by atoms with van der Waals surface area (Å²) < 4.78 is 27.9. The van der Waals surface area contributed by atoms with E-state index >= 15 is 0 Å². The second-order valence-corrected chi connectivity index (χ2v) is 9.35. The average molecular weight is 403 g/mol. The molecule has 8 heteroatoms. The number of hydrogen-bond donors (Lipinski definition) is 3. The van der Waals surface area contributed by atoms with Gasteiger partial charge in [0.2, 0.25) is 10.0 Å². The molecule has 0 bridgehead atoms.